The number of Topliss-reactive ketones (excluding diaryl/α,β-unsaturated/α-hetero) is 4. The summed E-state index contributed by atoms with van der Waals surface area (Å²) >= 11 is 0. The van der Waals surface area contributed by atoms with Crippen molar-refractivity contribution in [3.05, 3.63) is 243 Å². The maximum Gasteiger partial charge on any atom is 0.336 e. The third-order valence-electron chi connectivity index (χ3n) is 19.5. The van der Waals surface area contributed by atoms with E-state index in [1.54, 1.807) is 109 Å². The largest absolute Gasteiger partial charge is 0.423 e. The normalized spacial score (nSPS) is 13.2. The van der Waals surface area contributed by atoms with Gasteiger partial charge in [-0.25, -0.2) is 19.2 Å². The number of hydrogen-bond acceptors (Lipinski definition) is 16. The fourth-order valence-corrected chi connectivity index (χ4v) is 13.6. The van der Waals surface area contributed by atoms with Crippen LogP contribution in [-0.2, 0) is 38.4 Å². The molecule has 4 heterocycles. The van der Waals surface area contributed by atoms with Crippen LogP contribution in [0, 0.1) is 27.7 Å². The topological polar surface area (TPSA) is 311 Å². The number of anilines is 3. The maximum atomic E-state index is 13.2. The number of H-pyrrole nitrogens is 2. The number of ether oxygens (including phenoxy) is 2. The second-order valence-electron chi connectivity index (χ2n) is 26.8. The number of carbonyl (C=O) groups excluding carboxylic acids is 10. The zero-order valence-electron chi connectivity index (χ0n) is 62.8. The van der Waals surface area contributed by atoms with Crippen LogP contribution in [0.25, 0.3) is 45.1 Å². The highest BCUT2D eigenvalue weighted by Gasteiger charge is 2.30. The fourth-order valence-electron chi connectivity index (χ4n) is 13.6. The average Bonchev–Trinajstić information content (AvgIpc) is 1.64. The molecule has 12 rings (SSSR count). The van der Waals surface area contributed by atoms with Crippen molar-refractivity contribution < 1.29 is 57.4 Å². The lowest BCUT2D eigenvalue weighted by molar-refractivity contribution is -0.129. The summed E-state index contributed by atoms with van der Waals surface area (Å²) in [6.07, 6.45) is 14.2. The predicted molar refractivity (Wildman–Crippen MR) is 426 cm³/mol. The van der Waals surface area contributed by atoms with Gasteiger partial charge in [-0.3, -0.25) is 28.8 Å². The van der Waals surface area contributed by atoms with E-state index in [-0.39, 0.29) is 53.5 Å². The standard InChI is InChI=1S/C44H46N6O6.C42H42N6O6/c1-5-49(6-2)22-10-13-39(51)43-28(3)37(47-29(43)4)26-36-35-25-34(17-15-31(35)23-40(36)52)56-42(54)19-18-41(53)50-38-24-33(16-14-32(38)27-46-50)48-44(55)45-21-20-30-11-8-7-9-12-30;1-5-47(6-2)20-10-13-37(49)41-26(3)35(44-27(41)4)24-34-33-23-32(17-15-28(33)21-38(34)50)54-40(52)19-18-39(51)48-36-22-31(16-14-29(36)25-43-48)46-42(53)45-30-11-8-7-9-12-30/h7-9,11-12,14-19,24-27,47H,5-6,10,13,20-23H2,1-4H3,(H2,45,48,55);7-9,11-12,14-19,22-25,44H,5-6,10,13,20-21H2,1-4H3,(H2,45,46,53)/b19-18-,36-26-;19-18-,34-24-. The van der Waals surface area contributed by atoms with Gasteiger partial charge in [-0.05, 0) is 210 Å². The van der Waals surface area contributed by atoms with E-state index < -0.39 is 29.8 Å². The Bertz CT molecular complexity index is 5310. The lowest BCUT2D eigenvalue weighted by Crippen LogP contribution is -2.30. The van der Waals surface area contributed by atoms with Crippen molar-refractivity contribution in [3.63, 3.8) is 0 Å². The molecule has 2 aliphatic carbocycles. The Morgan fingerprint density at radius 1 is 0.500 bits per heavy atom. The summed E-state index contributed by atoms with van der Waals surface area (Å²) in [6.45, 7) is 21.9. The molecule has 6 N–H and O–H groups in total. The molecule has 564 valence electrons. The first-order valence-corrected chi connectivity index (χ1v) is 36.8. The predicted octanol–water partition coefficient (Wildman–Crippen LogP) is 14.5. The lowest BCUT2D eigenvalue weighted by Gasteiger charge is -2.17. The Morgan fingerprint density at radius 3 is 1.37 bits per heavy atom. The zero-order valence-corrected chi connectivity index (χ0v) is 62.8. The van der Waals surface area contributed by atoms with Crippen LogP contribution in [0.3, 0.4) is 0 Å². The third kappa shape index (κ3) is 19.3. The van der Waals surface area contributed by atoms with Gasteiger partial charge < -0.3 is 50.5 Å². The number of nitrogens with one attached hydrogen (secondary N) is 6. The van der Waals surface area contributed by atoms with Crippen LogP contribution in [0.1, 0.15) is 145 Å². The first kappa shape index (κ1) is 78.3. The number of hydrogen-bond donors (Lipinski definition) is 6. The van der Waals surface area contributed by atoms with Crippen molar-refractivity contribution in [1.82, 2.24) is 44.6 Å². The number of benzene rings is 6. The number of esters is 2. The SMILES string of the molecule is CCN(CC)CCCC(=O)c1c(C)[nH]c(/C=C2\C(=O)Cc3ccc(OC(=O)/C=C\C(=O)n4ncc5ccc(NC(=O)NCCc6ccccc6)cc54)cc32)c1C.CCN(CC)CCCC(=O)c1c(C)[nH]c(/C=C2\C(=O)Cc3ccc(OC(=O)/C=C\C(=O)n4ncc5ccc(NC(=O)Nc6ccccc6)cc54)cc32)c1C. The second kappa shape index (κ2) is 36.2. The number of fused-ring (bicyclic) bond motifs is 4. The Morgan fingerprint density at radius 2 is 0.927 bits per heavy atom. The van der Waals surface area contributed by atoms with Gasteiger partial charge in [0.15, 0.2) is 23.1 Å². The smallest absolute Gasteiger partial charge is 0.336 e. The molecule has 0 radical (unpaired) electrons. The summed E-state index contributed by atoms with van der Waals surface area (Å²) in [5, 5.41) is 20.7. The van der Waals surface area contributed by atoms with Gasteiger partial charge in [0.1, 0.15) is 11.5 Å². The minimum atomic E-state index is -0.797. The van der Waals surface area contributed by atoms with Gasteiger partial charge >= 0.3 is 24.0 Å². The van der Waals surface area contributed by atoms with Crippen LogP contribution in [-0.4, -0.2) is 144 Å². The van der Waals surface area contributed by atoms with Crippen LogP contribution in [0.5, 0.6) is 11.5 Å². The molecule has 0 aliphatic heterocycles. The lowest BCUT2D eigenvalue weighted by atomic mass is 10.00. The number of amides is 4. The van der Waals surface area contributed by atoms with E-state index in [1.165, 1.54) is 12.4 Å². The summed E-state index contributed by atoms with van der Waals surface area (Å²) in [7, 11) is 0. The summed E-state index contributed by atoms with van der Waals surface area (Å²) in [5.41, 5.74) is 13.1. The van der Waals surface area contributed by atoms with E-state index in [0.29, 0.717) is 109 Å². The summed E-state index contributed by atoms with van der Waals surface area (Å²) < 4.78 is 13.3. The van der Waals surface area contributed by atoms with Gasteiger partial charge in [0.25, 0.3) is 11.8 Å². The molecular formula is C86H88N12O12. The fraction of sp³-hybridized carbons (Fsp3) is 0.256. The summed E-state index contributed by atoms with van der Waals surface area (Å²) in [4.78, 5) is 141. The number of aromatic nitrogens is 6. The molecule has 10 aromatic rings. The average molecular weight is 1480 g/mol. The van der Waals surface area contributed by atoms with Gasteiger partial charge in [-0.2, -0.15) is 19.6 Å². The third-order valence-corrected chi connectivity index (χ3v) is 19.5. The van der Waals surface area contributed by atoms with Gasteiger partial charge in [0.05, 0.1) is 23.4 Å². The molecule has 0 fully saturated rings. The van der Waals surface area contributed by atoms with Crippen LogP contribution in [0.2, 0.25) is 0 Å². The van der Waals surface area contributed by atoms with Crippen LogP contribution < -0.4 is 30.7 Å². The number of carbonyl (C=O) groups is 10. The highest BCUT2D eigenvalue weighted by Crippen LogP contribution is 2.37. The minimum Gasteiger partial charge on any atom is -0.423 e. The molecule has 24 nitrogen and oxygen atoms in total. The second-order valence-corrected chi connectivity index (χ2v) is 26.8. The van der Waals surface area contributed by atoms with Crippen molar-refractivity contribution >= 4 is 121 Å². The monoisotopic (exact) mass is 1480 g/mol. The molecule has 4 amide bonds. The Hall–Kier alpha value is -12.8. The molecule has 0 bridgehead atoms. The molecule has 0 saturated heterocycles. The van der Waals surface area contributed by atoms with Crippen LogP contribution in [0.15, 0.2) is 170 Å². The van der Waals surface area contributed by atoms with Gasteiger partial charge in [0, 0.05) is 129 Å². The number of aromatic amines is 2. The summed E-state index contributed by atoms with van der Waals surface area (Å²) in [5.74, 6) is -2.40. The Labute approximate surface area is 636 Å². The van der Waals surface area contributed by atoms with Gasteiger partial charge in [-0.15, -0.1) is 0 Å². The van der Waals surface area contributed by atoms with E-state index in [1.807, 2.05) is 64.1 Å². The van der Waals surface area contributed by atoms with E-state index in [0.717, 1.165) is 125 Å². The number of urea groups is 2. The van der Waals surface area contributed by atoms with E-state index >= 15 is 0 Å². The first-order valence-electron chi connectivity index (χ1n) is 36.8. The molecule has 24 heteroatoms. The van der Waals surface area contributed by atoms with Gasteiger partial charge in [0.2, 0.25) is 0 Å². The highest BCUT2D eigenvalue weighted by molar-refractivity contribution is 6.30. The van der Waals surface area contributed by atoms with Crippen molar-refractivity contribution in [2.45, 2.75) is 100 Å². The number of para-hydroxylation sites is 1. The molecule has 110 heavy (non-hydrogen) atoms. The summed E-state index contributed by atoms with van der Waals surface area (Å²) in [6, 6.07) is 38.0. The molecule has 0 atom stereocenters. The molecule has 4 aromatic heterocycles. The highest BCUT2D eigenvalue weighted by atomic mass is 16.5. The molecule has 6 aromatic carbocycles. The van der Waals surface area contributed by atoms with Gasteiger partial charge in [-0.1, -0.05) is 88.4 Å². The van der Waals surface area contributed by atoms with E-state index in [4.69, 9.17) is 9.47 Å². The Kier molecular flexibility index (Phi) is 25.8. The van der Waals surface area contributed by atoms with Crippen molar-refractivity contribution in [1.29, 1.82) is 0 Å². The van der Waals surface area contributed by atoms with Crippen molar-refractivity contribution in [2.75, 3.05) is 61.8 Å². The number of rotatable bonds is 28. The van der Waals surface area contributed by atoms with E-state index in [9.17, 15) is 47.9 Å². The first-order chi connectivity index (χ1) is 53.1. The Balaban J connectivity index is 0.000000218. The molecule has 0 saturated carbocycles. The molecule has 2 aliphatic rings. The van der Waals surface area contributed by atoms with Crippen LogP contribution >= 0.6 is 0 Å². The molecular weight excluding hydrogens is 1390 g/mol. The quantitative estimate of drug-likeness (QED) is 0.0115. The number of ketones is 4. The van der Waals surface area contributed by atoms with Crippen molar-refractivity contribution in [3.8, 4) is 11.5 Å². The maximum absolute atomic E-state index is 13.2. The van der Waals surface area contributed by atoms with E-state index in [2.05, 4.69) is 78.9 Å². The zero-order chi connectivity index (χ0) is 78.1. The van der Waals surface area contributed by atoms with Crippen LogP contribution in [0.4, 0.5) is 26.7 Å². The minimum absolute atomic E-state index is 0.0722. The number of aryl methyl sites for hydroxylation is 2. The molecule has 0 unspecified atom stereocenters. The molecule has 0 spiro atoms. The number of allylic oxidation sites excluding steroid dienone is 4. The number of nitrogens with zero attached hydrogens (tertiary/aromatic N) is 6. The van der Waals surface area contributed by atoms with Crippen molar-refractivity contribution in [2.24, 2.45) is 0 Å².